The van der Waals surface area contributed by atoms with Crippen LogP contribution in [0.15, 0.2) is 24.3 Å². The lowest BCUT2D eigenvalue weighted by Gasteiger charge is -2.39. The molecule has 1 aromatic rings. The summed E-state index contributed by atoms with van der Waals surface area (Å²) in [6, 6.07) is 7.30. The SMILES string of the molecule is CC.CCCCCN1CCN(c2ccc(N3CCOCC3)cc2C2=CCC(CC)(CC)CC2)CC1. The lowest BCUT2D eigenvalue weighted by Crippen LogP contribution is -2.47. The maximum atomic E-state index is 5.61. The Morgan fingerprint density at radius 3 is 2.17 bits per heavy atom. The van der Waals surface area contributed by atoms with Gasteiger partial charge in [-0.05, 0) is 61.4 Å². The Balaban J connectivity index is 0.00000167. The first kappa shape index (κ1) is 28.1. The summed E-state index contributed by atoms with van der Waals surface area (Å²) in [7, 11) is 0. The molecule has 0 spiro atoms. The Labute approximate surface area is 216 Å². The third-order valence-corrected chi connectivity index (χ3v) is 8.70. The lowest BCUT2D eigenvalue weighted by molar-refractivity contribution is 0.122. The van der Waals surface area contributed by atoms with E-state index in [0.29, 0.717) is 5.41 Å². The normalized spacial score (nSPS) is 20.8. The van der Waals surface area contributed by atoms with Crippen LogP contribution in [0.4, 0.5) is 11.4 Å². The molecular formula is C31H53N3O. The summed E-state index contributed by atoms with van der Waals surface area (Å²) >= 11 is 0. The van der Waals surface area contributed by atoms with E-state index in [1.54, 1.807) is 5.57 Å². The third kappa shape index (κ3) is 7.26. The number of piperazine rings is 1. The molecule has 1 aromatic carbocycles. The summed E-state index contributed by atoms with van der Waals surface area (Å²) in [4.78, 5) is 7.84. The smallest absolute Gasteiger partial charge is 0.0642 e. The number of rotatable bonds is 9. The lowest BCUT2D eigenvalue weighted by atomic mass is 9.70. The minimum absolute atomic E-state index is 0.523. The van der Waals surface area contributed by atoms with Gasteiger partial charge in [0.1, 0.15) is 0 Å². The molecule has 0 atom stereocenters. The van der Waals surface area contributed by atoms with Crippen LogP contribution in [0.2, 0.25) is 0 Å². The monoisotopic (exact) mass is 483 g/mol. The Bertz CT molecular complexity index is 771. The molecule has 3 aliphatic rings. The van der Waals surface area contributed by atoms with Crippen LogP contribution < -0.4 is 9.80 Å². The molecule has 0 N–H and O–H groups in total. The number of unbranched alkanes of at least 4 members (excludes halogenated alkanes) is 2. The van der Waals surface area contributed by atoms with Gasteiger partial charge < -0.3 is 14.5 Å². The maximum Gasteiger partial charge on any atom is 0.0642 e. The average Bonchev–Trinajstić information content (AvgIpc) is 2.95. The summed E-state index contributed by atoms with van der Waals surface area (Å²) < 4.78 is 5.61. The van der Waals surface area contributed by atoms with Gasteiger partial charge in [-0.15, -0.1) is 0 Å². The molecule has 4 nitrogen and oxygen atoms in total. The van der Waals surface area contributed by atoms with E-state index < -0.39 is 0 Å². The summed E-state index contributed by atoms with van der Waals surface area (Å²) in [5.41, 5.74) is 6.45. The number of nitrogens with zero attached hydrogens (tertiary/aromatic N) is 3. The Kier molecular flexibility index (Phi) is 11.4. The molecule has 4 heteroatoms. The quantitative estimate of drug-likeness (QED) is 0.345. The molecule has 4 rings (SSSR count). The molecule has 2 saturated heterocycles. The van der Waals surface area contributed by atoms with Gasteiger partial charge in [0.05, 0.1) is 13.2 Å². The molecule has 0 amide bonds. The van der Waals surface area contributed by atoms with Crippen molar-refractivity contribution in [1.82, 2.24) is 4.90 Å². The third-order valence-electron chi connectivity index (χ3n) is 8.70. The van der Waals surface area contributed by atoms with Gasteiger partial charge in [0.2, 0.25) is 0 Å². The second-order valence-corrected chi connectivity index (χ2v) is 10.5. The summed E-state index contributed by atoms with van der Waals surface area (Å²) in [6.07, 6.45) is 13.0. The Hall–Kier alpha value is -1.52. The van der Waals surface area contributed by atoms with Crippen LogP contribution in [0.5, 0.6) is 0 Å². The number of allylic oxidation sites excluding steroid dienone is 2. The van der Waals surface area contributed by atoms with E-state index >= 15 is 0 Å². The fourth-order valence-electron chi connectivity index (χ4n) is 5.95. The van der Waals surface area contributed by atoms with E-state index in [-0.39, 0.29) is 0 Å². The van der Waals surface area contributed by atoms with Crippen molar-refractivity contribution in [3.8, 4) is 0 Å². The number of ether oxygens (including phenoxy) is 1. The average molecular weight is 484 g/mol. The van der Waals surface area contributed by atoms with Crippen LogP contribution in [0.1, 0.15) is 91.5 Å². The fourth-order valence-corrected chi connectivity index (χ4v) is 5.95. The van der Waals surface area contributed by atoms with Crippen molar-refractivity contribution in [2.24, 2.45) is 5.41 Å². The van der Waals surface area contributed by atoms with Gasteiger partial charge in [-0.2, -0.15) is 0 Å². The zero-order chi connectivity index (χ0) is 25.1. The van der Waals surface area contributed by atoms with Gasteiger partial charge in [0.25, 0.3) is 0 Å². The molecule has 0 radical (unpaired) electrons. The van der Waals surface area contributed by atoms with Crippen molar-refractivity contribution in [2.45, 2.75) is 86.0 Å². The Morgan fingerprint density at radius 2 is 1.57 bits per heavy atom. The number of morpholine rings is 1. The molecule has 35 heavy (non-hydrogen) atoms. The van der Waals surface area contributed by atoms with Crippen molar-refractivity contribution >= 4 is 16.9 Å². The van der Waals surface area contributed by atoms with Crippen molar-refractivity contribution < 1.29 is 4.74 Å². The van der Waals surface area contributed by atoms with Crippen molar-refractivity contribution in [1.29, 1.82) is 0 Å². The molecule has 0 saturated carbocycles. The first-order valence-corrected chi connectivity index (χ1v) is 14.8. The number of anilines is 2. The largest absolute Gasteiger partial charge is 0.378 e. The van der Waals surface area contributed by atoms with Gasteiger partial charge in [0, 0.05) is 56.2 Å². The van der Waals surface area contributed by atoms with Crippen LogP contribution in [-0.4, -0.2) is 63.9 Å². The van der Waals surface area contributed by atoms with Gasteiger partial charge in [0.15, 0.2) is 0 Å². The van der Waals surface area contributed by atoms with Crippen molar-refractivity contribution in [2.75, 3.05) is 68.8 Å². The highest BCUT2D eigenvalue weighted by Crippen LogP contribution is 2.45. The zero-order valence-electron chi connectivity index (χ0n) is 23.6. The highest BCUT2D eigenvalue weighted by atomic mass is 16.5. The highest BCUT2D eigenvalue weighted by molar-refractivity contribution is 5.80. The van der Waals surface area contributed by atoms with Gasteiger partial charge in [-0.1, -0.05) is 66.4 Å². The summed E-state index contributed by atoms with van der Waals surface area (Å²) in [5, 5.41) is 0. The maximum absolute atomic E-state index is 5.61. The van der Waals surface area contributed by atoms with Gasteiger partial charge in [-0.25, -0.2) is 0 Å². The van der Waals surface area contributed by atoms with E-state index in [1.807, 2.05) is 13.8 Å². The molecular weight excluding hydrogens is 430 g/mol. The van der Waals surface area contributed by atoms with E-state index in [1.165, 1.54) is 87.9 Å². The number of benzene rings is 1. The van der Waals surface area contributed by atoms with Crippen molar-refractivity contribution in [3.05, 3.63) is 29.8 Å². The molecule has 1 aliphatic carbocycles. The second kappa shape index (κ2) is 14.3. The van der Waals surface area contributed by atoms with Crippen LogP contribution in [-0.2, 0) is 4.74 Å². The predicted octanol–water partition coefficient (Wildman–Crippen LogP) is 7.24. The molecule has 2 aliphatic heterocycles. The van der Waals surface area contributed by atoms with Crippen LogP contribution in [0, 0.1) is 5.41 Å². The second-order valence-electron chi connectivity index (χ2n) is 10.5. The number of hydrogen-bond donors (Lipinski definition) is 0. The summed E-state index contributed by atoms with van der Waals surface area (Å²) in [6.45, 7) is 20.7. The Morgan fingerprint density at radius 1 is 0.857 bits per heavy atom. The minimum Gasteiger partial charge on any atom is -0.378 e. The molecule has 0 aromatic heterocycles. The first-order chi connectivity index (χ1) is 17.2. The van der Waals surface area contributed by atoms with Crippen LogP contribution in [0.25, 0.3) is 5.57 Å². The van der Waals surface area contributed by atoms with E-state index in [0.717, 1.165) is 39.4 Å². The van der Waals surface area contributed by atoms with E-state index in [9.17, 15) is 0 Å². The molecule has 0 bridgehead atoms. The topological polar surface area (TPSA) is 19.0 Å². The number of hydrogen-bond acceptors (Lipinski definition) is 4. The van der Waals surface area contributed by atoms with Crippen LogP contribution >= 0.6 is 0 Å². The van der Waals surface area contributed by atoms with Gasteiger partial charge in [-0.3, -0.25) is 4.90 Å². The fraction of sp³-hybridized carbons (Fsp3) is 0.742. The molecule has 2 fully saturated rings. The molecule has 0 unspecified atom stereocenters. The summed E-state index contributed by atoms with van der Waals surface area (Å²) in [5.74, 6) is 0. The molecule has 2 heterocycles. The van der Waals surface area contributed by atoms with Crippen LogP contribution in [0.3, 0.4) is 0 Å². The minimum atomic E-state index is 0.523. The van der Waals surface area contributed by atoms with E-state index in [2.05, 4.69) is 59.7 Å². The first-order valence-electron chi connectivity index (χ1n) is 14.8. The zero-order valence-corrected chi connectivity index (χ0v) is 23.6. The highest BCUT2D eigenvalue weighted by Gasteiger charge is 2.30. The standard InChI is InChI=1S/C29H47N3O.C2H6/c1-4-7-8-15-30-16-18-32(19-17-30)28-10-9-26(31-20-22-33-23-21-31)24-27(28)25-11-13-29(5-2,6-3)14-12-25;1-2/h9-11,24H,4-8,12-23H2,1-3H3;1-2H3. The molecule has 198 valence electrons. The van der Waals surface area contributed by atoms with Gasteiger partial charge >= 0.3 is 0 Å². The van der Waals surface area contributed by atoms with E-state index in [4.69, 9.17) is 4.74 Å². The van der Waals surface area contributed by atoms with Crippen molar-refractivity contribution in [3.63, 3.8) is 0 Å². The predicted molar refractivity (Wildman–Crippen MR) is 154 cm³/mol.